The van der Waals surface area contributed by atoms with E-state index in [0.29, 0.717) is 5.92 Å². The first-order valence-corrected chi connectivity index (χ1v) is 6.60. The van der Waals surface area contributed by atoms with E-state index in [-0.39, 0.29) is 0 Å². The molecule has 0 unspecified atom stereocenters. The lowest BCUT2D eigenvalue weighted by molar-refractivity contribution is 0.830. The first-order valence-electron chi connectivity index (χ1n) is 5.81. The molecule has 0 aliphatic heterocycles. The summed E-state index contributed by atoms with van der Waals surface area (Å²) in [5.41, 5.74) is 4.53. The summed E-state index contributed by atoms with van der Waals surface area (Å²) < 4.78 is 1.06. The molecule has 0 spiro atoms. The van der Waals surface area contributed by atoms with Gasteiger partial charge in [-0.3, -0.25) is 4.98 Å². The molecule has 90 valence electrons. The summed E-state index contributed by atoms with van der Waals surface area (Å²) in [6.07, 6.45) is 0. The zero-order valence-corrected chi connectivity index (χ0v) is 12.2. The Morgan fingerprint density at radius 2 is 1.94 bits per heavy atom. The third kappa shape index (κ3) is 2.29. The standard InChI is InChI=1S/C14H17BrN2/c1-8(2)12-7-13(16-4)10-5-9(3)6-11(15)14(10)17-12/h5-8H,1-4H3,(H,16,17). The van der Waals surface area contributed by atoms with E-state index < -0.39 is 0 Å². The van der Waals surface area contributed by atoms with Crippen molar-refractivity contribution >= 4 is 32.5 Å². The van der Waals surface area contributed by atoms with Gasteiger partial charge in [-0.05, 0) is 52.5 Å². The van der Waals surface area contributed by atoms with Gasteiger partial charge < -0.3 is 5.32 Å². The van der Waals surface area contributed by atoms with E-state index >= 15 is 0 Å². The number of hydrogen-bond acceptors (Lipinski definition) is 2. The normalized spacial score (nSPS) is 11.2. The Morgan fingerprint density at radius 1 is 1.24 bits per heavy atom. The third-order valence-electron chi connectivity index (χ3n) is 2.89. The van der Waals surface area contributed by atoms with Crippen LogP contribution in [0.15, 0.2) is 22.7 Å². The highest BCUT2D eigenvalue weighted by molar-refractivity contribution is 9.10. The predicted molar refractivity (Wildman–Crippen MR) is 77.8 cm³/mol. The Bertz CT molecular complexity index is 562. The first kappa shape index (κ1) is 12.4. The first-order chi connectivity index (χ1) is 8.02. The maximum absolute atomic E-state index is 4.74. The van der Waals surface area contributed by atoms with E-state index in [9.17, 15) is 0 Å². The van der Waals surface area contributed by atoms with Gasteiger partial charge in [0.05, 0.1) is 5.52 Å². The highest BCUT2D eigenvalue weighted by Crippen LogP contribution is 2.31. The number of nitrogens with zero attached hydrogens (tertiary/aromatic N) is 1. The lowest BCUT2D eigenvalue weighted by atomic mass is 10.0. The summed E-state index contributed by atoms with van der Waals surface area (Å²) in [4.78, 5) is 4.74. The molecule has 0 aliphatic carbocycles. The molecule has 0 bridgehead atoms. The van der Waals surface area contributed by atoms with Crippen molar-refractivity contribution < 1.29 is 0 Å². The number of pyridine rings is 1. The molecule has 0 fully saturated rings. The monoisotopic (exact) mass is 292 g/mol. The Morgan fingerprint density at radius 3 is 2.53 bits per heavy atom. The van der Waals surface area contributed by atoms with Crippen molar-refractivity contribution in [3.8, 4) is 0 Å². The van der Waals surface area contributed by atoms with Gasteiger partial charge >= 0.3 is 0 Å². The van der Waals surface area contributed by atoms with Gasteiger partial charge in [0.1, 0.15) is 0 Å². The summed E-state index contributed by atoms with van der Waals surface area (Å²) in [5, 5.41) is 4.43. The fraction of sp³-hybridized carbons (Fsp3) is 0.357. The van der Waals surface area contributed by atoms with Crippen LogP contribution in [0, 0.1) is 6.92 Å². The summed E-state index contributed by atoms with van der Waals surface area (Å²) in [6.45, 7) is 6.42. The maximum atomic E-state index is 4.74. The van der Waals surface area contributed by atoms with Crippen molar-refractivity contribution in [2.45, 2.75) is 26.7 Å². The predicted octanol–water partition coefficient (Wildman–Crippen LogP) is 4.47. The SMILES string of the molecule is CNc1cc(C(C)C)nc2c(Br)cc(C)cc12. The fourth-order valence-corrected chi connectivity index (χ4v) is 2.61. The minimum Gasteiger partial charge on any atom is -0.388 e. The number of hydrogen-bond donors (Lipinski definition) is 1. The lowest BCUT2D eigenvalue weighted by Gasteiger charge is -2.13. The van der Waals surface area contributed by atoms with Crippen LogP contribution in [0.2, 0.25) is 0 Å². The summed E-state index contributed by atoms with van der Waals surface area (Å²) in [6, 6.07) is 6.42. The van der Waals surface area contributed by atoms with Gasteiger partial charge in [0.2, 0.25) is 0 Å². The minimum absolute atomic E-state index is 0.430. The molecule has 1 aromatic heterocycles. The number of halogens is 1. The number of fused-ring (bicyclic) bond motifs is 1. The van der Waals surface area contributed by atoms with Gasteiger partial charge in [-0.25, -0.2) is 0 Å². The Labute approximate surface area is 111 Å². The van der Waals surface area contributed by atoms with Crippen LogP contribution >= 0.6 is 15.9 Å². The second-order valence-corrected chi connectivity index (χ2v) is 5.50. The smallest absolute Gasteiger partial charge is 0.0868 e. The molecule has 0 saturated carbocycles. The average Bonchev–Trinajstić information content (AvgIpc) is 2.27. The van der Waals surface area contributed by atoms with Crippen molar-refractivity contribution in [3.05, 3.63) is 33.9 Å². The quantitative estimate of drug-likeness (QED) is 0.883. The molecular weight excluding hydrogens is 276 g/mol. The fourth-order valence-electron chi connectivity index (χ4n) is 1.94. The highest BCUT2D eigenvalue weighted by Gasteiger charge is 2.10. The third-order valence-corrected chi connectivity index (χ3v) is 3.50. The molecule has 0 saturated heterocycles. The van der Waals surface area contributed by atoms with Gasteiger partial charge in [0.15, 0.2) is 0 Å². The number of aryl methyl sites for hydroxylation is 1. The summed E-state index contributed by atoms with van der Waals surface area (Å²) in [7, 11) is 1.95. The molecular formula is C14H17BrN2. The Balaban J connectivity index is 2.82. The largest absolute Gasteiger partial charge is 0.388 e. The van der Waals surface area contributed by atoms with E-state index in [2.05, 4.69) is 60.2 Å². The van der Waals surface area contributed by atoms with Gasteiger partial charge in [-0.2, -0.15) is 0 Å². The van der Waals surface area contributed by atoms with Crippen molar-refractivity contribution in [2.75, 3.05) is 12.4 Å². The molecule has 1 aromatic carbocycles. The Hall–Kier alpha value is -1.09. The van der Waals surface area contributed by atoms with E-state index in [1.165, 1.54) is 10.9 Å². The topological polar surface area (TPSA) is 24.9 Å². The van der Waals surface area contributed by atoms with Crippen LogP contribution in [0.4, 0.5) is 5.69 Å². The minimum atomic E-state index is 0.430. The van der Waals surface area contributed by atoms with E-state index in [1.807, 2.05) is 7.05 Å². The van der Waals surface area contributed by atoms with Crippen LogP contribution in [0.25, 0.3) is 10.9 Å². The number of aromatic nitrogens is 1. The molecule has 1 N–H and O–H groups in total. The zero-order chi connectivity index (χ0) is 12.6. The van der Waals surface area contributed by atoms with Crippen LogP contribution < -0.4 is 5.32 Å². The van der Waals surface area contributed by atoms with E-state index in [1.54, 1.807) is 0 Å². The van der Waals surface area contributed by atoms with Crippen molar-refractivity contribution in [1.82, 2.24) is 4.98 Å². The van der Waals surface area contributed by atoms with Crippen molar-refractivity contribution in [1.29, 1.82) is 0 Å². The molecule has 0 radical (unpaired) electrons. The number of anilines is 1. The average molecular weight is 293 g/mol. The van der Waals surface area contributed by atoms with Gasteiger partial charge in [-0.1, -0.05) is 13.8 Å². The number of benzene rings is 1. The molecule has 3 heteroatoms. The second-order valence-electron chi connectivity index (χ2n) is 4.64. The lowest BCUT2D eigenvalue weighted by Crippen LogP contribution is -1.99. The molecule has 0 atom stereocenters. The van der Waals surface area contributed by atoms with Crippen LogP contribution in [0.5, 0.6) is 0 Å². The zero-order valence-electron chi connectivity index (χ0n) is 10.6. The van der Waals surface area contributed by atoms with Crippen LogP contribution in [-0.2, 0) is 0 Å². The van der Waals surface area contributed by atoms with E-state index in [4.69, 9.17) is 4.98 Å². The van der Waals surface area contributed by atoms with Crippen molar-refractivity contribution in [2.24, 2.45) is 0 Å². The highest BCUT2D eigenvalue weighted by atomic mass is 79.9. The van der Waals surface area contributed by atoms with Crippen LogP contribution in [0.1, 0.15) is 31.0 Å². The van der Waals surface area contributed by atoms with Gasteiger partial charge in [0.25, 0.3) is 0 Å². The molecule has 0 aliphatic rings. The number of rotatable bonds is 2. The second kappa shape index (κ2) is 4.65. The summed E-state index contributed by atoms with van der Waals surface area (Å²) >= 11 is 3.60. The maximum Gasteiger partial charge on any atom is 0.0868 e. The molecule has 0 amide bonds. The van der Waals surface area contributed by atoms with E-state index in [0.717, 1.165) is 21.4 Å². The molecule has 1 heterocycles. The Kier molecular flexibility index (Phi) is 3.38. The van der Waals surface area contributed by atoms with Crippen LogP contribution in [0.3, 0.4) is 0 Å². The molecule has 17 heavy (non-hydrogen) atoms. The van der Waals surface area contributed by atoms with Gasteiger partial charge in [0, 0.05) is 28.3 Å². The van der Waals surface area contributed by atoms with Gasteiger partial charge in [-0.15, -0.1) is 0 Å². The molecule has 2 aromatic rings. The van der Waals surface area contributed by atoms with Crippen molar-refractivity contribution in [3.63, 3.8) is 0 Å². The van der Waals surface area contributed by atoms with Crippen LogP contribution in [-0.4, -0.2) is 12.0 Å². The summed E-state index contributed by atoms with van der Waals surface area (Å²) in [5.74, 6) is 0.430. The number of nitrogens with one attached hydrogen (secondary N) is 1. The molecule has 2 rings (SSSR count). The molecule has 2 nitrogen and oxygen atoms in total.